The molecule has 0 saturated heterocycles. The molecule has 6 heteroatoms. The zero-order valence-corrected chi connectivity index (χ0v) is 11.7. The first kappa shape index (κ1) is 13.6. The van der Waals surface area contributed by atoms with E-state index in [1.807, 2.05) is 12.3 Å². The Morgan fingerprint density at radius 1 is 1.37 bits per heavy atom. The maximum Gasteiger partial charge on any atom is 0.341 e. The van der Waals surface area contributed by atoms with Crippen molar-refractivity contribution in [2.75, 3.05) is 6.61 Å². The van der Waals surface area contributed by atoms with Gasteiger partial charge in [-0.15, -0.1) is 11.3 Å². The second-order valence-electron chi connectivity index (χ2n) is 3.90. The number of hydrogen-bond donors (Lipinski definition) is 0. The molecular weight excluding hydrogens is 262 g/mol. The van der Waals surface area contributed by atoms with Crippen molar-refractivity contribution in [1.82, 2.24) is 15.0 Å². The Hall–Kier alpha value is -1.82. The van der Waals surface area contributed by atoms with Gasteiger partial charge in [0.25, 0.3) is 0 Å². The molecule has 0 aliphatic heterocycles. The number of hydrogen-bond acceptors (Lipinski definition) is 6. The fraction of sp³-hybridized carbons (Fsp3) is 0.385. The largest absolute Gasteiger partial charge is 0.462 e. The van der Waals surface area contributed by atoms with Crippen LogP contribution in [-0.2, 0) is 11.2 Å². The molecule has 0 spiro atoms. The first-order valence-corrected chi connectivity index (χ1v) is 7.12. The van der Waals surface area contributed by atoms with Gasteiger partial charge in [0.05, 0.1) is 23.4 Å². The van der Waals surface area contributed by atoms with E-state index < -0.39 is 0 Å². The van der Waals surface area contributed by atoms with Gasteiger partial charge in [-0.25, -0.2) is 19.7 Å². The van der Waals surface area contributed by atoms with Gasteiger partial charge in [-0.05, 0) is 13.3 Å². The van der Waals surface area contributed by atoms with Crippen LogP contribution in [0.2, 0.25) is 0 Å². The van der Waals surface area contributed by atoms with Crippen LogP contribution in [0.4, 0.5) is 0 Å². The average Bonchev–Trinajstić information content (AvgIpc) is 2.93. The molecule has 2 rings (SSSR count). The highest BCUT2D eigenvalue weighted by Gasteiger charge is 2.16. The molecule has 2 aromatic rings. The van der Waals surface area contributed by atoms with Crippen LogP contribution in [0.5, 0.6) is 0 Å². The Bertz CT molecular complexity index is 555. The van der Waals surface area contributed by atoms with Crippen LogP contribution >= 0.6 is 11.3 Å². The molecule has 0 bridgehead atoms. The highest BCUT2D eigenvalue weighted by molar-refractivity contribution is 7.07. The van der Waals surface area contributed by atoms with Crippen LogP contribution in [0.25, 0.3) is 11.5 Å². The third kappa shape index (κ3) is 3.14. The van der Waals surface area contributed by atoms with Crippen molar-refractivity contribution in [2.45, 2.75) is 26.7 Å². The van der Waals surface area contributed by atoms with Crippen LogP contribution in [0, 0.1) is 0 Å². The minimum absolute atomic E-state index is 0.345. The minimum Gasteiger partial charge on any atom is -0.462 e. The van der Waals surface area contributed by atoms with E-state index in [-0.39, 0.29) is 5.97 Å². The average molecular weight is 277 g/mol. The van der Waals surface area contributed by atoms with E-state index in [9.17, 15) is 4.79 Å². The first-order chi connectivity index (χ1) is 9.26. The summed E-state index contributed by atoms with van der Waals surface area (Å²) in [5, 5.41) is 1.88. The van der Waals surface area contributed by atoms with Crippen molar-refractivity contribution in [3.05, 3.63) is 28.3 Å². The van der Waals surface area contributed by atoms with E-state index in [1.54, 1.807) is 12.4 Å². The molecule has 0 N–H and O–H groups in total. The van der Waals surface area contributed by atoms with E-state index in [4.69, 9.17) is 4.74 Å². The fourth-order valence-corrected chi connectivity index (χ4v) is 2.20. The topological polar surface area (TPSA) is 65.0 Å². The monoisotopic (exact) mass is 277 g/mol. The van der Waals surface area contributed by atoms with Gasteiger partial charge in [0.2, 0.25) is 0 Å². The molecule has 0 aliphatic rings. The maximum atomic E-state index is 11.8. The van der Waals surface area contributed by atoms with Crippen LogP contribution in [0.3, 0.4) is 0 Å². The molecule has 0 aromatic carbocycles. The number of aryl methyl sites for hydroxylation is 1. The van der Waals surface area contributed by atoms with Crippen LogP contribution < -0.4 is 0 Å². The first-order valence-electron chi connectivity index (χ1n) is 6.17. The van der Waals surface area contributed by atoms with Gasteiger partial charge in [0.1, 0.15) is 5.69 Å². The normalized spacial score (nSPS) is 10.4. The Labute approximate surface area is 115 Å². The Kier molecular flexibility index (Phi) is 4.57. The summed E-state index contributed by atoms with van der Waals surface area (Å²) in [5.74, 6) is 0.188. The zero-order chi connectivity index (χ0) is 13.7. The van der Waals surface area contributed by atoms with Gasteiger partial charge in [0.15, 0.2) is 5.82 Å². The quantitative estimate of drug-likeness (QED) is 0.786. The summed E-state index contributed by atoms with van der Waals surface area (Å²) in [6.07, 6.45) is 3.15. The van der Waals surface area contributed by atoms with Gasteiger partial charge >= 0.3 is 5.97 Å². The highest BCUT2D eigenvalue weighted by Crippen LogP contribution is 2.17. The summed E-state index contributed by atoms with van der Waals surface area (Å²) >= 11 is 1.49. The van der Waals surface area contributed by atoms with Gasteiger partial charge in [-0.1, -0.05) is 13.3 Å². The number of esters is 1. The number of thiazole rings is 1. The molecule has 2 heterocycles. The highest BCUT2D eigenvalue weighted by atomic mass is 32.1. The van der Waals surface area contributed by atoms with E-state index >= 15 is 0 Å². The number of carbonyl (C=O) groups excluding carboxylic acids is 1. The number of ether oxygens (including phenoxy) is 1. The number of carbonyl (C=O) groups is 1. The number of aromatic nitrogens is 3. The van der Waals surface area contributed by atoms with E-state index in [0.29, 0.717) is 24.4 Å². The number of rotatable bonds is 5. The van der Waals surface area contributed by atoms with E-state index in [1.165, 1.54) is 17.5 Å². The number of nitrogens with zero attached hydrogens (tertiary/aromatic N) is 3. The van der Waals surface area contributed by atoms with Crippen molar-refractivity contribution in [2.24, 2.45) is 0 Å². The third-order valence-electron chi connectivity index (χ3n) is 2.51. The van der Waals surface area contributed by atoms with Crippen molar-refractivity contribution in [3.8, 4) is 11.5 Å². The van der Waals surface area contributed by atoms with E-state index in [2.05, 4.69) is 15.0 Å². The maximum absolute atomic E-state index is 11.8. The molecule has 0 aliphatic carbocycles. The summed E-state index contributed by atoms with van der Waals surface area (Å²) in [6, 6.07) is 0. The molecule has 2 aromatic heterocycles. The summed E-state index contributed by atoms with van der Waals surface area (Å²) in [6.45, 7) is 4.17. The summed E-state index contributed by atoms with van der Waals surface area (Å²) < 4.78 is 5.01. The lowest BCUT2D eigenvalue weighted by molar-refractivity contribution is 0.0524. The second-order valence-corrected chi connectivity index (χ2v) is 4.62. The lowest BCUT2D eigenvalue weighted by atomic mass is 10.1. The van der Waals surface area contributed by atoms with Gasteiger partial charge in [-0.3, -0.25) is 0 Å². The summed E-state index contributed by atoms with van der Waals surface area (Å²) in [4.78, 5) is 24.6. The van der Waals surface area contributed by atoms with Crippen LogP contribution in [0.1, 0.15) is 36.3 Å². The van der Waals surface area contributed by atoms with Crippen LogP contribution in [0.15, 0.2) is 17.1 Å². The molecule has 0 radical (unpaired) electrons. The molecule has 100 valence electrons. The Balaban J connectivity index is 2.37. The van der Waals surface area contributed by atoms with E-state index in [0.717, 1.165) is 17.8 Å². The molecule has 19 heavy (non-hydrogen) atoms. The molecular formula is C13H15N3O2S. The van der Waals surface area contributed by atoms with Crippen molar-refractivity contribution >= 4 is 17.3 Å². The predicted molar refractivity (Wildman–Crippen MR) is 73.1 cm³/mol. The smallest absolute Gasteiger partial charge is 0.341 e. The third-order valence-corrected chi connectivity index (χ3v) is 3.10. The van der Waals surface area contributed by atoms with Crippen molar-refractivity contribution in [1.29, 1.82) is 0 Å². The zero-order valence-electron chi connectivity index (χ0n) is 10.9. The minimum atomic E-state index is -0.365. The molecule has 0 atom stereocenters. The summed E-state index contributed by atoms with van der Waals surface area (Å²) in [7, 11) is 0. The Morgan fingerprint density at radius 2 is 2.21 bits per heavy atom. The molecule has 0 saturated carbocycles. The molecule has 0 fully saturated rings. The Morgan fingerprint density at radius 3 is 2.84 bits per heavy atom. The molecule has 0 amide bonds. The van der Waals surface area contributed by atoms with Gasteiger partial charge in [0, 0.05) is 11.6 Å². The lowest BCUT2D eigenvalue weighted by Crippen LogP contribution is -2.11. The van der Waals surface area contributed by atoms with Gasteiger partial charge < -0.3 is 4.74 Å². The summed E-state index contributed by atoms with van der Waals surface area (Å²) in [5.41, 5.74) is 3.64. The fourth-order valence-electron chi connectivity index (χ4n) is 1.67. The molecule has 0 unspecified atom stereocenters. The molecule has 5 nitrogen and oxygen atoms in total. The predicted octanol–water partition coefficient (Wildman–Crippen LogP) is 2.73. The SMILES string of the molecule is CCCc1nc(-c2cscn2)ncc1C(=O)OCC. The second kappa shape index (κ2) is 6.38. The van der Waals surface area contributed by atoms with Crippen LogP contribution in [-0.4, -0.2) is 27.5 Å². The van der Waals surface area contributed by atoms with Crippen molar-refractivity contribution < 1.29 is 9.53 Å². The van der Waals surface area contributed by atoms with Gasteiger partial charge in [-0.2, -0.15) is 0 Å². The van der Waals surface area contributed by atoms with Crippen molar-refractivity contribution in [3.63, 3.8) is 0 Å². The lowest BCUT2D eigenvalue weighted by Gasteiger charge is -2.08. The standard InChI is InChI=1S/C13H15N3O2S/c1-3-5-10-9(13(17)18-4-2)6-14-12(16-10)11-7-19-8-15-11/h6-8H,3-5H2,1-2H3.